The van der Waals surface area contributed by atoms with Crippen LogP contribution in [0.4, 0.5) is 0 Å². The van der Waals surface area contributed by atoms with Gasteiger partial charge in [0.1, 0.15) is 5.01 Å². The molecule has 0 spiro atoms. The van der Waals surface area contributed by atoms with Crippen LogP contribution < -0.4 is 0 Å². The molecule has 1 amide bonds. The van der Waals surface area contributed by atoms with Gasteiger partial charge in [0.05, 0.1) is 22.2 Å². The molecular weight excluding hydrogens is 396 g/mol. The highest BCUT2D eigenvalue weighted by atomic mass is 35.5. The number of ether oxygens (including phenoxy) is 1. The Kier molecular flexibility index (Phi) is 5.08. The number of aromatic nitrogens is 1. The Hall–Kier alpha value is -2.44. The van der Waals surface area contributed by atoms with Crippen LogP contribution in [0.15, 0.2) is 48.5 Å². The van der Waals surface area contributed by atoms with Gasteiger partial charge in [-0.2, -0.15) is 0 Å². The minimum absolute atomic E-state index is 0.250. The largest absolute Gasteiger partial charge is 0.455 e. The molecule has 0 bridgehead atoms. The van der Waals surface area contributed by atoms with Crippen LogP contribution in [0.5, 0.6) is 0 Å². The lowest BCUT2D eigenvalue weighted by atomic mass is 9.96. The van der Waals surface area contributed by atoms with E-state index in [4.69, 9.17) is 16.3 Å². The molecule has 1 saturated carbocycles. The van der Waals surface area contributed by atoms with E-state index in [2.05, 4.69) is 4.98 Å². The molecule has 1 heterocycles. The van der Waals surface area contributed by atoms with Gasteiger partial charge >= 0.3 is 5.97 Å². The fraction of sp³-hybridized carbons (Fsp3) is 0.286. The molecule has 2 aromatic carbocycles. The summed E-state index contributed by atoms with van der Waals surface area (Å²) in [5, 5.41) is 1.47. The molecule has 0 N–H and O–H groups in total. The van der Waals surface area contributed by atoms with E-state index in [0.29, 0.717) is 11.6 Å². The zero-order chi connectivity index (χ0) is 19.7. The van der Waals surface area contributed by atoms with Crippen molar-refractivity contribution in [3.8, 4) is 0 Å². The highest BCUT2D eigenvalue weighted by Crippen LogP contribution is 2.49. The number of hydrogen-bond donors (Lipinski definition) is 0. The van der Waals surface area contributed by atoms with Crippen molar-refractivity contribution in [1.82, 2.24) is 9.88 Å². The summed E-state index contributed by atoms with van der Waals surface area (Å²) in [5.41, 5.74) is 1.18. The number of halogens is 1. The number of nitrogens with zero attached hydrogens (tertiary/aromatic N) is 2. The molecule has 28 heavy (non-hydrogen) atoms. The third-order valence-corrected chi connectivity index (χ3v) is 6.27. The lowest BCUT2D eigenvalue weighted by Gasteiger charge is -2.18. The second kappa shape index (κ2) is 7.53. The van der Waals surface area contributed by atoms with Crippen molar-refractivity contribution in [2.45, 2.75) is 24.8 Å². The van der Waals surface area contributed by atoms with Crippen molar-refractivity contribution >= 4 is 45.0 Å². The molecule has 144 valence electrons. The van der Waals surface area contributed by atoms with Crippen LogP contribution in [-0.2, 0) is 26.3 Å². The van der Waals surface area contributed by atoms with E-state index in [1.54, 1.807) is 30.5 Å². The van der Waals surface area contributed by atoms with E-state index in [-0.39, 0.29) is 18.5 Å². The third kappa shape index (κ3) is 3.75. The first-order valence-electron chi connectivity index (χ1n) is 9.00. The van der Waals surface area contributed by atoms with Crippen molar-refractivity contribution in [2.24, 2.45) is 0 Å². The SMILES string of the molecule is CN(Cc1nc2ccccc2s1)C(=O)COC(=O)C1(c2ccc(Cl)cc2)CC1. The molecule has 0 aliphatic heterocycles. The number of carbonyl (C=O) groups is 2. The number of para-hydroxylation sites is 1. The Balaban J connectivity index is 1.34. The topological polar surface area (TPSA) is 59.5 Å². The summed E-state index contributed by atoms with van der Waals surface area (Å²) in [6.07, 6.45) is 1.45. The Morgan fingerprint density at radius 1 is 1.18 bits per heavy atom. The van der Waals surface area contributed by atoms with E-state index in [1.807, 2.05) is 36.4 Å². The fourth-order valence-electron chi connectivity index (χ4n) is 3.16. The van der Waals surface area contributed by atoms with Crippen LogP contribution in [0.25, 0.3) is 10.2 Å². The van der Waals surface area contributed by atoms with Crippen LogP contribution in [0, 0.1) is 0 Å². The smallest absolute Gasteiger partial charge is 0.317 e. The van der Waals surface area contributed by atoms with Gasteiger partial charge in [-0.1, -0.05) is 35.9 Å². The third-order valence-electron chi connectivity index (χ3n) is 5.00. The van der Waals surface area contributed by atoms with Crippen LogP contribution in [-0.4, -0.2) is 35.4 Å². The molecule has 7 heteroatoms. The molecule has 0 unspecified atom stereocenters. The number of fused-ring (bicyclic) bond motifs is 1. The molecule has 3 aromatic rings. The molecule has 0 saturated heterocycles. The first-order valence-corrected chi connectivity index (χ1v) is 10.2. The molecule has 1 aliphatic rings. The summed E-state index contributed by atoms with van der Waals surface area (Å²) in [5.74, 6) is -0.601. The highest BCUT2D eigenvalue weighted by molar-refractivity contribution is 7.18. The zero-order valence-electron chi connectivity index (χ0n) is 15.4. The molecular formula is C21H19ClN2O3S. The molecule has 0 atom stereocenters. The lowest BCUT2D eigenvalue weighted by Crippen LogP contribution is -2.33. The quantitative estimate of drug-likeness (QED) is 0.567. The van der Waals surface area contributed by atoms with E-state index in [9.17, 15) is 9.59 Å². The number of esters is 1. The van der Waals surface area contributed by atoms with Gasteiger partial charge in [0.2, 0.25) is 0 Å². The zero-order valence-corrected chi connectivity index (χ0v) is 16.9. The van der Waals surface area contributed by atoms with Crippen LogP contribution in [0.2, 0.25) is 5.02 Å². The van der Waals surface area contributed by atoms with E-state index in [1.165, 1.54) is 4.90 Å². The lowest BCUT2D eigenvalue weighted by molar-refractivity contribution is -0.154. The summed E-state index contributed by atoms with van der Waals surface area (Å²) < 4.78 is 6.44. The van der Waals surface area contributed by atoms with Gasteiger partial charge in [-0.05, 0) is 42.7 Å². The van der Waals surface area contributed by atoms with Crippen LogP contribution in [0.3, 0.4) is 0 Å². The van der Waals surface area contributed by atoms with Gasteiger partial charge < -0.3 is 9.64 Å². The summed E-state index contributed by atoms with van der Waals surface area (Å²) in [4.78, 5) is 31.0. The predicted octanol–water partition coefficient (Wildman–Crippen LogP) is 4.18. The Morgan fingerprint density at radius 3 is 2.57 bits per heavy atom. The number of benzene rings is 2. The summed E-state index contributed by atoms with van der Waals surface area (Å²) in [6.45, 7) is 0.119. The van der Waals surface area contributed by atoms with Crippen LogP contribution in [0.1, 0.15) is 23.4 Å². The Labute approximate surface area is 171 Å². The van der Waals surface area contributed by atoms with Crippen molar-refractivity contribution < 1.29 is 14.3 Å². The minimum Gasteiger partial charge on any atom is -0.455 e. The van der Waals surface area contributed by atoms with Crippen molar-refractivity contribution in [1.29, 1.82) is 0 Å². The number of rotatable bonds is 6. The van der Waals surface area contributed by atoms with E-state index >= 15 is 0 Å². The molecule has 5 nitrogen and oxygen atoms in total. The maximum atomic E-state index is 12.6. The molecule has 0 radical (unpaired) electrons. The van der Waals surface area contributed by atoms with Gasteiger partial charge in [-0.3, -0.25) is 9.59 Å². The Morgan fingerprint density at radius 2 is 1.89 bits per heavy atom. The normalized spacial score (nSPS) is 14.6. The number of hydrogen-bond acceptors (Lipinski definition) is 5. The van der Waals surface area contributed by atoms with Gasteiger partial charge in [0, 0.05) is 12.1 Å². The Bertz CT molecular complexity index is 995. The molecule has 1 aromatic heterocycles. The minimum atomic E-state index is -0.628. The van der Waals surface area contributed by atoms with Crippen molar-refractivity contribution in [3.63, 3.8) is 0 Å². The molecule has 1 aliphatic carbocycles. The highest BCUT2D eigenvalue weighted by Gasteiger charge is 2.52. The predicted molar refractivity (Wildman–Crippen MR) is 109 cm³/mol. The second-order valence-electron chi connectivity index (χ2n) is 6.99. The monoisotopic (exact) mass is 414 g/mol. The fourth-order valence-corrected chi connectivity index (χ4v) is 4.31. The summed E-state index contributed by atoms with van der Waals surface area (Å²) in [6, 6.07) is 15.1. The van der Waals surface area contributed by atoms with Gasteiger partial charge in [-0.25, -0.2) is 4.98 Å². The first-order chi connectivity index (χ1) is 13.5. The molecule has 1 fully saturated rings. The van der Waals surface area contributed by atoms with E-state index < -0.39 is 5.41 Å². The first kappa shape index (κ1) is 18.9. The molecule has 4 rings (SSSR count). The standard InChI is InChI=1S/C21H19ClN2O3S/c1-24(12-18-23-16-4-2-3-5-17(16)28-18)19(25)13-27-20(26)21(10-11-21)14-6-8-15(22)9-7-14/h2-9H,10-13H2,1H3. The summed E-state index contributed by atoms with van der Waals surface area (Å²) >= 11 is 7.48. The second-order valence-corrected chi connectivity index (χ2v) is 8.54. The average molecular weight is 415 g/mol. The number of likely N-dealkylation sites (N-methyl/N-ethyl adjacent to an activating group) is 1. The number of carbonyl (C=O) groups excluding carboxylic acids is 2. The average Bonchev–Trinajstić information content (AvgIpc) is 3.40. The van der Waals surface area contributed by atoms with Crippen LogP contribution >= 0.6 is 22.9 Å². The van der Waals surface area contributed by atoms with Gasteiger partial charge in [0.25, 0.3) is 5.91 Å². The maximum Gasteiger partial charge on any atom is 0.317 e. The summed E-state index contributed by atoms with van der Waals surface area (Å²) in [7, 11) is 1.69. The van der Waals surface area contributed by atoms with Crippen molar-refractivity contribution in [3.05, 3.63) is 64.1 Å². The van der Waals surface area contributed by atoms with Crippen molar-refractivity contribution in [2.75, 3.05) is 13.7 Å². The number of thiazole rings is 1. The maximum absolute atomic E-state index is 12.6. The van der Waals surface area contributed by atoms with Gasteiger partial charge in [-0.15, -0.1) is 11.3 Å². The van der Waals surface area contributed by atoms with Gasteiger partial charge in [0.15, 0.2) is 6.61 Å². The van der Waals surface area contributed by atoms with E-state index in [0.717, 1.165) is 33.6 Å². The number of amides is 1.